The van der Waals surface area contributed by atoms with Crippen LogP contribution in [0.3, 0.4) is 0 Å². The van der Waals surface area contributed by atoms with E-state index in [9.17, 15) is 22.4 Å². The second kappa shape index (κ2) is 5.03. The molecule has 0 fully saturated rings. The van der Waals surface area contributed by atoms with Gasteiger partial charge in [-0.1, -0.05) is 0 Å². The van der Waals surface area contributed by atoms with Gasteiger partial charge in [0.2, 0.25) is 0 Å². The van der Waals surface area contributed by atoms with Crippen molar-refractivity contribution in [2.75, 3.05) is 13.7 Å². The van der Waals surface area contributed by atoms with Crippen LogP contribution in [0.4, 0.5) is 17.6 Å². The van der Waals surface area contributed by atoms with E-state index >= 15 is 0 Å². The van der Waals surface area contributed by atoms with Gasteiger partial charge in [-0.15, -0.1) is 0 Å². The van der Waals surface area contributed by atoms with E-state index in [1.54, 1.807) is 5.32 Å². The highest BCUT2D eigenvalue weighted by Gasteiger charge is 2.28. The maximum Gasteiger partial charge on any atom is 0.405 e. The first-order valence-corrected chi connectivity index (χ1v) is 4.52. The Morgan fingerprint density at radius 1 is 1.41 bits per heavy atom. The highest BCUT2D eigenvalue weighted by atomic mass is 19.4. The fourth-order valence-corrected chi connectivity index (χ4v) is 1.09. The fraction of sp³-hybridized carbons (Fsp3) is 0.300. The van der Waals surface area contributed by atoms with Gasteiger partial charge >= 0.3 is 6.18 Å². The summed E-state index contributed by atoms with van der Waals surface area (Å²) in [6, 6.07) is 3.15. The molecule has 1 aromatic carbocycles. The van der Waals surface area contributed by atoms with Gasteiger partial charge in [0.05, 0.1) is 7.11 Å². The van der Waals surface area contributed by atoms with Gasteiger partial charge in [-0.25, -0.2) is 4.39 Å². The highest BCUT2D eigenvalue weighted by Crippen LogP contribution is 2.18. The Balaban J connectivity index is 2.73. The molecule has 0 saturated carbocycles. The number of rotatable bonds is 3. The number of carbonyl (C=O) groups is 1. The lowest BCUT2D eigenvalue weighted by molar-refractivity contribution is -0.123. The molecule has 0 spiro atoms. The Morgan fingerprint density at radius 3 is 2.53 bits per heavy atom. The van der Waals surface area contributed by atoms with E-state index in [4.69, 9.17) is 0 Å². The number of hydrogen-bond donors (Lipinski definition) is 1. The predicted octanol–water partition coefficient (Wildman–Crippen LogP) is 2.13. The van der Waals surface area contributed by atoms with Crippen molar-refractivity contribution in [1.82, 2.24) is 5.32 Å². The molecule has 0 aromatic heterocycles. The van der Waals surface area contributed by atoms with Crippen LogP contribution in [-0.2, 0) is 0 Å². The van der Waals surface area contributed by atoms with Crippen LogP contribution in [0.25, 0.3) is 0 Å². The summed E-state index contributed by atoms with van der Waals surface area (Å²) in [6.45, 7) is -1.46. The number of hydrogen-bond acceptors (Lipinski definition) is 2. The molecule has 3 nitrogen and oxygen atoms in total. The van der Waals surface area contributed by atoms with E-state index in [1.165, 1.54) is 13.2 Å². The molecule has 0 radical (unpaired) electrons. The molecule has 1 rings (SSSR count). The molecule has 0 aliphatic carbocycles. The molecular weight excluding hydrogens is 242 g/mol. The number of benzene rings is 1. The second-order valence-corrected chi connectivity index (χ2v) is 3.15. The topological polar surface area (TPSA) is 38.3 Å². The molecule has 0 heterocycles. The summed E-state index contributed by atoms with van der Waals surface area (Å²) in [5.74, 6) is -1.89. The minimum absolute atomic E-state index is 0.0858. The molecule has 0 saturated heterocycles. The zero-order valence-corrected chi connectivity index (χ0v) is 8.77. The lowest BCUT2D eigenvalue weighted by Gasteiger charge is -2.09. The summed E-state index contributed by atoms with van der Waals surface area (Å²) >= 11 is 0. The lowest BCUT2D eigenvalue weighted by Crippen LogP contribution is -2.33. The van der Waals surface area contributed by atoms with E-state index in [2.05, 4.69) is 4.74 Å². The van der Waals surface area contributed by atoms with Crippen molar-refractivity contribution in [3.05, 3.63) is 29.6 Å². The average Bonchev–Trinajstić information content (AvgIpc) is 2.24. The smallest absolute Gasteiger partial charge is 0.405 e. The van der Waals surface area contributed by atoms with Gasteiger partial charge in [0.15, 0.2) is 11.6 Å². The van der Waals surface area contributed by atoms with E-state index in [0.717, 1.165) is 12.1 Å². The average molecular weight is 251 g/mol. The molecule has 1 aromatic rings. The van der Waals surface area contributed by atoms with Crippen molar-refractivity contribution in [3.8, 4) is 5.75 Å². The van der Waals surface area contributed by atoms with E-state index in [0.29, 0.717) is 0 Å². The Hall–Kier alpha value is -1.79. The van der Waals surface area contributed by atoms with Crippen LogP contribution in [0.15, 0.2) is 18.2 Å². The van der Waals surface area contributed by atoms with Crippen LogP contribution in [0.2, 0.25) is 0 Å². The Kier molecular flexibility index (Phi) is 3.93. The maximum atomic E-state index is 13.2. The zero-order valence-electron chi connectivity index (χ0n) is 8.77. The minimum Gasteiger partial charge on any atom is -0.494 e. The summed E-state index contributed by atoms with van der Waals surface area (Å²) < 4.78 is 53.2. The molecule has 0 aliphatic heterocycles. The quantitative estimate of drug-likeness (QED) is 0.836. The molecule has 0 bridgehead atoms. The Morgan fingerprint density at radius 2 is 2.06 bits per heavy atom. The number of halogens is 4. The molecule has 17 heavy (non-hydrogen) atoms. The molecular formula is C10H9F4NO2. The van der Waals surface area contributed by atoms with Crippen LogP contribution < -0.4 is 10.1 Å². The SMILES string of the molecule is COc1ccc(C(=O)NCC(F)(F)F)cc1F. The van der Waals surface area contributed by atoms with Crippen molar-refractivity contribution >= 4 is 5.91 Å². The van der Waals surface area contributed by atoms with Crippen molar-refractivity contribution in [3.63, 3.8) is 0 Å². The van der Waals surface area contributed by atoms with Crippen molar-refractivity contribution < 1.29 is 27.1 Å². The van der Waals surface area contributed by atoms with Crippen LogP contribution in [0, 0.1) is 5.82 Å². The van der Waals surface area contributed by atoms with Gasteiger partial charge in [0, 0.05) is 5.56 Å². The molecule has 1 amide bonds. The normalized spacial score (nSPS) is 11.1. The van der Waals surface area contributed by atoms with Crippen LogP contribution in [-0.4, -0.2) is 25.7 Å². The number of ether oxygens (including phenoxy) is 1. The van der Waals surface area contributed by atoms with Crippen molar-refractivity contribution in [2.24, 2.45) is 0 Å². The number of methoxy groups -OCH3 is 1. The first-order valence-electron chi connectivity index (χ1n) is 4.52. The van der Waals surface area contributed by atoms with E-state index in [-0.39, 0.29) is 11.3 Å². The van der Waals surface area contributed by atoms with Gasteiger partial charge in [-0.3, -0.25) is 4.79 Å². The maximum absolute atomic E-state index is 13.2. The molecule has 94 valence electrons. The van der Waals surface area contributed by atoms with Crippen molar-refractivity contribution in [2.45, 2.75) is 6.18 Å². The summed E-state index contributed by atoms with van der Waals surface area (Å²) in [7, 11) is 1.24. The fourth-order valence-electron chi connectivity index (χ4n) is 1.09. The van der Waals surface area contributed by atoms with Crippen LogP contribution in [0.5, 0.6) is 5.75 Å². The number of nitrogens with one attached hydrogen (secondary N) is 1. The first kappa shape index (κ1) is 13.3. The predicted molar refractivity (Wildman–Crippen MR) is 51.3 cm³/mol. The minimum atomic E-state index is -4.50. The Labute approximate surface area is 94.4 Å². The van der Waals surface area contributed by atoms with Gasteiger partial charge in [-0.05, 0) is 18.2 Å². The van der Waals surface area contributed by atoms with Gasteiger partial charge in [0.1, 0.15) is 6.54 Å². The summed E-state index contributed by atoms with van der Waals surface area (Å²) in [4.78, 5) is 11.2. The monoisotopic (exact) mass is 251 g/mol. The third-order valence-corrected chi connectivity index (χ3v) is 1.86. The largest absolute Gasteiger partial charge is 0.494 e. The van der Waals surface area contributed by atoms with Crippen LogP contribution in [0.1, 0.15) is 10.4 Å². The van der Waals surface area contributed by atoms with E-state index in [1.807, 2.05) is 0 Å². The summed E-state index contributed by atoms with van der Waals surface area (Å²) in [6.07, 6.45) is -4.50. The lowest BCUT2D eigenvalue weighted by atomic mass is 10.2. The number of alkyl halides is 3. The zero-order chi connectivity index (χ0) is 13.1. The van der Waals surface area contributed by atoms with Gasteiger partial charge in [0.25, 0.3) is 5.91 Å². The third kappa shape index (κ3) is 3.93. The molecule has 0 atom stereocenters. The summed E-state index contributed by atoms with van der Waals surface area (Å²) in [5.41, 5.74) is -0.201. The molecule has 7 heteroatoms. The number of carbonyl (C=O) groups excluding carboxylic acids is 1. The van der Waals surface area contributed by atoms with Crippen molar-refractivity contribution in [1.29, 1.82) is 0 Å². The van der Waals surface area contributed by atoms with Crippen LogP contribution >= 0.6 is 0 Å². The first-order chi connectivity index (χ1) is 7.83. The highest BCUT2D eigenvalue weighted by molar-refractivity contribution is 5.94. The standard InChI is InChI=1S/C10H9F4NO2/c1-17-8-3-2-6(4-7(8)11)9(16)15-5-10(12,13)14/h2-4H,5H2,1H3,(H,15,16). The van der Waals surface area contributed by atoms with Gasteiger partial charge < -0.3 is 10.1 Å². The Bertz CT molecular complexity index is 417. The molecule has 0 aliphatic rings. The molecule has 0 unspecified atom stereocenters. The number of amides is 1. The summed E-state index contributed by atoms with van der Waals surface area (Å²) in [5, 5.41) is 1.63. The molecule has 1 N–H and O–H groups in total. The second-order valence-electron chi connectivity index (χ2n) is 3.15. The van der Waals surface area contributed by atoms with E-state index < -0.39 is 24.4 Å². The third-order valence-electron chi connectivity index (χ3n) is 1.86. The van der Waals surface area contributed by atoms with Gasteiger partial charge in [-0.2, -0.15) is 13.2 Å².